The van der Waals surface area contributed by atoms with Gasteiger partial charge in [-0.3, -0.25) is 14.5 Å². The molecule has 0 bridgehead atoms. The van der Waals surface area contributed by atoms with Gasteiger partial charge in [0.2, 0.25) is 0 Å². The number of halogens is 2. The van der Waals surface area contributed by atoms with Crippen LogP contribution < -0.4 is 14.4 Å². The van der Waals surface area contributed by atoms with E-state index in [1.807, 2.05) is 6.92 Å². The monoisotopic (exact) mass is 594 g/mol. The number of rotatable bonds is 9. The SMILES string of the molecule is CCOc1cc(C2C(=C(O)c3ccc(F)cc3)C(=O)C(=O)N2c2nc3ccc(Cl)cc3s2)ccc1OCCC(C)C. The molecule has 1 aliphatic rings. The lowest BCUT2D eigenvalue weighted by Gasteiger charge is -2.24. The molecule has 2 heterocycles. The molecule has 3 aromatic carbocycles. The third-order valence-electron chi connectivity index (χ3n) is 6.64. The van der Waals surface area contributed by atoms with E-state index in [2.05, 4.69) is 18.8 Å². The van der Waals surface area contributed by atoms with Crippen LogP contribution in [0.1, 0.15) is 44.4 Å². The molecule has 10 heteroatoms. The maximum Gasteiger partial charge on any atom is 0.301 e. The molecule has 1 saturated heterocycles. The van der Waals surface area contributed by atoms with Crippen LogP contribution in [0.5, 0.6) is 11.5 Å². The van der Waals surface area contributed by atoms with E-state index in [4.69, 9.17) is 21.1 Å². The van der Waals surface area contributed by atoms with Gasteiger partial charge in [0.1, 0.15) is 11.6 Å². The van der Waals surface area contributed by atoms with E-state index < -0.39 is 29.3 Å². The zero-order chi connectivity index (χ0) is 29.3. The van der Waals surface area contributed by atoms with Crippen molar-refractivity contribution in [2.24, 2.45) is 5.92 Å². The molecule has 1 aliphatic heterocycles. The molecule has 0 saturated carbocycles. The third kappa shape index (κ3) is 5.78. The molecule has 0 radical (unpaired) electrons. The second-order valence-electron chi connectivity index (χ2n) is 9.95. The first kappa shape index (κ1) is 28.6. The number of aliphatic hydroxyl groups excluding tert-OH is 1. The second-order valence-corrected chi connectivity index (χ2v) is 11.4. The van der Waals surface area contributed by atoms with Crippen molar-refractivity contribution in [3.05, 3.63) is 88.2 Å². The van der Waals surface area contributed by atoms with Crippen LogP contribution in [0.2, 0.25) is 5.02 Å². The Balaban J connectivity index is 1.67. The van der Waals surface area contributed by atoms with Gasteiger partial charge in [-0.1, -0.05) is 42.9 Å². The summed E-state index contributed by atoms with van der Waals surface area (Å²) in [5.74, 6) is -1.22. The van der Waals surface area contributed by atoms with Gasteiger partial charge in [0, 0.05) is 10.6 Å². The van der Waals surface area contributed by atoms with E-state index in [9.17, 15) is 19.1 Å². The van der Waals surface area contributed by atoms with E-state index >= 15 is 0 Å². The average molecular weight is 595 g/mol. The van der Waals surface area contributed by atoms with Gasteiger partial charge < -0.3 is 14.6 Å². The third-order valence-corrected chi connectivity index (χ3v) is 7.90. The molecule has 0 aliphatic carbocycles. The lowest BCUT2D eigenvalue weighted by Crippen LogP contribution is -2.29. The van der Waals surface area contributed by atoms with Crippen molar-refractivity contribution in [3.63, 3.8) is 0 Å². The van der Waals surface area contributed by atoms with Gasteiger partial charge >= 0.3 is 5.91 Å². The van der Waals surface area contributed by atoms with E-state index in [0.29, 0.717) is 46.7 Å². The minimum absolute atomic E-state index is 0.144. The van der Waals surface area contributed by atoms with Crippen molar-refractivity contribution >= 4 is 55.7 Å². The van der Waals surface area contributed by atoms with Crippen LogP contribution in [0, 0.1) is 11.7 Å². The van der Waals surface area contributed by atoms with E-state index in [0.717, 1.165) is 11.1 Å². The number of anilines is 1. The zero-order valence-electron chi connectivity index (χ0n) is 22.7. The molecule has 1 unspecified atom stereocenters. The Kier molecular flexibility index (Phi) is 8.28. The quantitative estimate of drug-likeness (QED) is 0.122. The number of hydrogen-bond donors (Lipinski definition) is 1. The lowest BCUT2D eigenvalue weighted by molar-refractivity contribution is -0.132. The molecule has 5 rings (SSSR count). The number of aromatic nitrogens is 1. The number of hydrogen-bond acceptors (Lipinski definition) is 7. The summed E-state index contributed by atoms with van der Waals surface area (Å²) < 4.78 is 26.2. The van der Waals surface area contributed by atoms with Crippen LogP contribution >= 0.6 is 22.9 Å². The van der Waals surface area contributed by atoms with Crippen LogP contribution in [0.25, 0.3) is 16.0 Å². The van der Waals surface area contributed by atoms with E-state index in [1.54, 1.807) is 36.4 Å². The molecule has 212 valence electrons. The molecule has 1 atom stereocenters. The summed E-state index contributed by atoms with van der Waals surface area (Å²) in [6.07, 6.45) is 0.854. The first-order chi connectivity index (χ1) is 19.7. The van der Waals surface area contributed by atoms with Crippen LogP contribution in [0.3, 0.4) is 0 Å². The number of thiazole rings is 1. The maximum atomic E-state index is 13.6. The topological polar surface area (TPSA) is 89.0 Å². The van der Waals surface area contributed by atoms with Crippen molar-refractivity contribution < 1.29 is 28.6 Å². The van der Waals surface area contributed by atoms with Crippen molar-refractivity contribution in [3.8, 4) is 11.5 Å². The summed E-state index contributed by atoms with van der Waals surface area (Å²) in [5, 5.41) is 12.1. The van der Waals surface area contributed by atoms with Gasteiger partial charge in [-0.25, -0.2) is 9.37 Å². The highest BCUT2D eigenvalue weighted by Gasteiger charge is 2.48. The highest BCUT2D eigenvalue weighted by molar-refractivity contribution is 7.22. The maximum absolute atomic E-state index is 13.6. The molecular formula is C31H28ClFN2O5S. The number of benzene rings is 3. The van der Waals surface area contributed by atoms with Gasteiger partial charge in [-0.15, -0.1) is 0 Å². The van der Waals surface area contributed by atoms with Gasteiger partial charge in [0.15, 0.2) is 16.6 Å². The van der Waals surface area contributed by atoms with Gasteiger partial charge in [-0.2, -0.15) is 0 Å². The Labute approximate surface area is 245 Å². The Morgan fingerprint density at radius 1 is 1.07 bits per heavy atom. The summed E-state index contributed by atoms with van der Waals surface area (Å²) in [7, 11) is 0. The number of ketones is 1. The summed E-state index contributed by atoms with van der Waals surface area (Å²) in [4.78, 5) is 33.0. The van der Waals surface area contributed by atoms with Crippen LogP contribution in [-0.4, -0.2) is 35.0 Å². The number of ether oxygens (including phenoxy) is 2. The normalized spacial score (nSPS) is 16.6. The largest absolute Gasteiger partial charge is 0.507 e. The first-order valence-electron chi connectivity index (χ1n) is 13.2. The van der Waals surface area contributed by atoms with Crippen molar-refractivity contribution in [1.82, 2.24) is 4.98 Å². The smallest absolute Gasteiger partial charge is 0.301 e. The highest BCUT2D eigenvalue weighted by atomic mass is 35.5. The Hall–Kier alpha value is -3.95. The van der Waals surface area contributed by atoms with E-state index in [1.165, 1.54) is 40.5 Å². The number of fused-ring (bicyclic) bond motifs is 1. The number of aliphatic hydroxyl groups is 1. The first-order valence-corrected chi connectivity index (χ1v) is 14.4. The molecule has 0 spiro atoms. The average Bonchev–Trinajstić information content (AvgIpc) is 3.47. The Morgan fingerprint density at radius 3 is 2.54 bits per heavy atom. The predicted molar refractivity (Wildman–Crippen MR) is 158 cm³/mol. The van der Waals surface area contributed by atoms with Crippen molar-refractivity contribution in [1.29, 1.82) is 0 Å². The molecule has 4 aromatic rings. The van der Waals surface area contributed by atoms with Crippen LogP contribution in [0.15, 0.2) is 66.2 Å². The summed E-state index contributed by atoms with van der Waals surface area (Å²) in [6.45, 7) is 6.91. The van der Waals surface area contributed by atoms with Crippen molar-refractivity contribution in [2.75, 3.05) is 18.1 Å². The minimum atomic E-state index is -1.04. The number of amides is 1. The number of nitrogens with zero attached hydrogens (tertiary/aromatic N) is 2. The van der Waals surface area contributed by atoms with Gasteiger partial charge in [-0.05, 0) is 79.4 Å². The molecule has 1 N–H and O–H groups in total. The molecule has 1 amide bonds. The van der Waals surface area contributed by atoms with Gasteiger partial charge in [0.05, 0.1) is 35.0 Å². The summed E-state index contributed by atoms with van der Waals surface area (Å²) >= 11 is 7.38. The molecule has 41 heavy (non-hydrogen) atoms. The van der Waals surface area contributed by atoms with Crippen LogP contribution in [0.4, 0.5) is 9.52 Å². The number of carbonyl (C=O) groups is 2. The molecular weight excluding hydrogens is 567 g/mol. The fraction of sp³-hybridized carbons (Fsp3) is 0.258. The minimum Gasteiger partial charge on any atom is -0.507 e. The fourth-order valence-electron chi connectivity index (χ4n) is 4.58. The molecule has 1 aromatic heterocycles. The van der Waals surface area contributed by atoms with Gasteiger partial charge in [0.25, 0.3) is 5.78 Å². The lowest BCUT2D eigenvalue weighted by atomic mass is 9.95. The zero-order valence-corrected chi connectivity index (χ0v) is 24.3. The molecule has 7 nitrogen and oxygen atoms in total. The number of Topliss-reactive ketones (excluding diaryl/α,β-unsaturated/α-hetero) is 1. The van der Waals surface area contributed by atoms with Crippen molar-refractivity contribution in [2.45, 2.75) is 33.2 Å². The standard InChI is InChI=1S/C31H28ClFN2O5S/c1-4-39-24-15-19(7-12-23(24)40-14-13-17(2)3)27-26(28(36)18-5-9-21(33)10-6-18)29(37)30(38)35(27)31-34-22-11-8-20(32)16-25(22)41-31/h5-12,15-17,27,36H,4,13-14H2,1-3H3. The highest BCUT2D eigenvalue weighted by Crippen LogP contribution is 2.46. The van der Waals surface area contributed by atoms with E-state index in [-0.39, 0.29) is 16.3 Å². The molecule has 1 fully saturated rings. The summed E-state index contributed by atoms with van der Waals surface area (Å²) in [6, 6.07) is 14.4. The Bertz CT molecular complexity index is 1650. The fourth-order valence-corrected chi connectivity index (χ4v) is 5.85. The second kappa shape index (κ2) is 11.9. The Morgan fingerprint density at radius 2 is 1.83 bits per heavy atom. The van der Waals surface area contributed by atoms with Crippen LogP contribution in [-0.2, 0) is 9.59 Å². The summed E-state index contributed by atoms with van der Waals surface area (Å²) in [5.41, 5.74) is 1.17. The predicted octanol–water partition coefficient (Wildman–Crippen LogP) is 7.54. The number of carbonyl (C=O) groups excluding carboxylic acids is 2.